The monoisotopic (exact) mass is 464 g/mol. The third kappa shape index (κ3) is 5.59. The molecule has 0 radical (unpaired) electrons. The van der Waals surface area contributed by atoms with Crippen LogP contribution in [-0.2, 0) is 9.59 Å². The Bertz CT molecular complexity index is 908. The van der Waals surface area contributed by atoms with E-state index in [1.54, 1.807) is 0 Å². The summed E-state index contributed by atoms with van der Waals surface area (Å²) in [6, 6.07) is 1.62. The molecule has 3 saturated heterocycles. The maximum atomic E-state index is 13.8. The number of urea groups is 1. The lowest BCUT2D eigenvalue weighted by Gasteiger charge is -2.38. The number of benzene rings is 1. The fourth-order valence-corrected chi connectivity index (χ4v) is 4.79. The molecule has 33 heavy (non-hydrogen) atoms. The van der Waals surface area contributed by atoms with E-state index in [-0.39, 0.29) is 35.6 Å². The van der Waals surface area contributed by atoms with Crippen LogP contribution in [0.4, 0.5) is 19.3 Å². The zero-order valence-electron chi connectivity index (χ0n) is 18.7. The van der Waals surface area contributed by atoms with Crippen molar-refractivity contribution in [1.82, 2.24) is 25.3 Å². The van der Waals surface area contributed by atoms with E-state index in [1.807, 2.05) is 11.9 Å². The van der Waals surface area contributed by atoms with Gasteiger partial charge in [-0.2, -0.15) is 0 Å². The fourth-order valence-electron chi connectivity index (χ4n) is 4.79. The molecule has 1 aromatic carbocycles. The highest BCUT2D eigenvalue weighted by molar-refractivity contribution is 5.90. The van der Waals surface area contributed by atoms with Crippen LogP contribution in [-0.4, -0.2) is 97.0 Å². The number of rotatable bonds is 5. The Balaban J connectivity index is 1.30. The quantitative estimate of drug-likeness (QED) is 0.593. The highest BCUT2D eigenvalue weighted by atomic mass is 19.1. The maximum Gasteiger partial charge on any atom is 0.319 e. The maximum absolute atomic E-state index is 13.8. The van der Waals surface area contributed by atoms with E-state index >= 15 is 0 Å². The number of fused-ring (bicyclic) bond motifs is 1. The number of amides is 4. The normalized spacial score (nSPS) is 26.0. The predicted molar refractivity (Wildman–Crippen MR) is 118 cm³/mol. The van der Waals surface area contributed by atoms with Crippen LogP contribution in [0.1, 0.15) is 19.3 Å². The number of hydrogen-bond acceptors (Lipinski definition) is 5. The molecule has 3 atom stereocenters. The fraction of sp³-hybridized carbons (Fsp3) is 0.591. The average Bonchev–Trinajstić information content (AvgIpc) is 3.20. The Morgan fingerprint density at radius 1 is 1.18 bits per heavy atom. The highest BCUT2D eigenvalue weighted by Crippen LogP contribution is 2.26. The Kier molecular flexibility index (Phi) is 7.08. The summed E-state index contributed by atoms with van der Waals surface area (Å²) in [5.41, 5.74) is -0.123. The number of anilines is 1. The molecule has 4 amide bonds. The van der Waals surface area contributed by atoms with Crippen molar-refractivity contribution in [3.8, 4) is 0 Å². The van der Waals surface area contributed by atoms with E-state index < -0.39 is 17.7 Å². The lowest BCUT2D eigenvalue weighted by molar-refractivity contribution is -0.133. The predicted octanol–water partition coefficient (Wildman–Crippen LogP) is 0.582. The zero-order valence-corrected chi connectivity index (χ0v) is 18.7. The SMILES string of the molecule is CN1CCN(C(=O)CCC2CNC(=O)C3CC(NC(=O)Nc4ccc(F)cc4F)CN23)CC1. The van der Waals surface area contributed by atoms with Crippen molar-refractivity contribution >= 4 is 23.5 Å². The first-order valence-corrected chi connectivity index (χ1v) is 11.3. The van der Waals surface area contributed by atoms with Gasteiger partial charge in [-0.3, -0.25) is 14.5 Å². The van der Waals surface area contributed by atoms with E-state index in [4.69, 9.17) is 0 Å². The summed E-state index contributed by atoms with van der Waals surface area (Å²) in [5, 5.41) is 8.07. The lowest BCUT2D eigenvalue weighted by Crippen LogP contribution is -2.58. The largest absolute Gasteiger partial charge is 0.353 e. The molecule has 0 spiro atoms. The van der Waals surface area contributed by atoms with Gasteiger partial charge in [0.25, 0.3) is 0 Å². The van der Waals surface area contributed by atoms with Gasteiger partial charge in [-0.1, -0.05) is 0 Å². The minimum absolute atomic E-state index is 0.00789. The molecule has 3 N–H and O–H groups in total. The summed E-state index contributed by atoms with van der Waals surface area (Å²) in [5.74, 6) is -1.55. The van der Waals surface area contributed by atoms with Gasteiger partial charge in [-0.25, -0.2) is 13.6 Å². The minimum Gasteiger partial charge on any atom is -0.353 e. The first kappa shape index (κ1) is 23.4. The molecule has 0 bridgehead atoms. The molecule has 3 aliphatic heterocycles. The van der Waals surface area contributed by atoms with Crippen molar-refractivity contribution in [3.05, 3.63) is 29.8 Å². The Morgan fingerprint density at radius 3 is 2.67 bits per heavy atom. The zero-order chi connectivity index (χ0) is 23.5. The van der Waals surface area contributed by atoms with Crippen LogP contribution in [0.3, 0.4) is 0 Å². The summed E-state index contributed by atoms with van der Waals surface area (Å²) < 4.78 is 26.8. The number of likely N-dealkylation sites (N-methyl/N-ethyl adjacent to an activating group) is 1. The first-order chi connectivity index (χ1) is 15.8. The molecule has 3 heterocycles. The van der Waals surface area contributed by atoms with E-state index in [0.717, 1.165) is 38.3 Å². The van der Waals surface area contributed by atoms with E-state index in [2.05, 4.69) is 25.8 Å². The third-order valence-corrected chi connectivity index (χ3v) is 6.68. The van der Waals surface area contributed by atoms with E-state index in [9.17, 15) is 23.2 Å². The average molecular weight is 465 g/mol. The second kappa shape index (κ2) is 10.0. The van der Waals surface area contributed by atoms with Gasteiger partial charge in [0.2, 0.25) is 11.8 Å². The Morgan fingerprint density at radius 2 is 1.94 bits per heavy atom. The number of carbonyl (C=O) groups is 3. The van der Waals surface area contributed by atoms with Crippen LogP contribution in [0.25, 0.3) is 0 Å². The van der Waals surface area contributed by atoms with Crippen LogP contribution in [0.15, 0.2) is 18.2 Å². The highest BCUT2D eigenvalue weighted by Gasteiger charge is 2.44. The van der Waals surface area contributed by atoms with Gasteiger partial charge in [-0.15, -0.1) is 0 Å². The molecule has 1 aromatic rings. The number of carbonyl (C=O) groups excluding carboxylic acids is 3. The standard InChI is InChI=1S/C22H30F2N6O3/c1-28-6-8-29(9-7-28)20(31)5-3-16-12-25-21(32)19-11-15(13-30(16)19)26-22(33)27-18-4-2-14(23)10-17(18)24/h2,4,10,15-16,19H,3,5-9,11-13H2,1H3,(H,25,32)(H2,26,27,33). The third-order valence-electron chi connectivity index (χ3n) is 6.68. The van der Waals surface area contributed by atoms with Gasteiger partial charge in [0.1, 0.15) is 11.6 Å². The summed E-state index contributed by atoms with van der Waals surface area (Å²) >= 11 is 0. The van der Waals surface area contributed by atoms with Crippen LogP contribution in [0.5, 0.6) is 0 Å². The van der Waals surface area contributed by atoms with Crippen molar-refractivity contribution in [1.29, 1.82) is 0 Å². The molecule has 180 valence electrons. The molecule has 0 aromatic heterocycles. The van der Waals surface area contributed by atoms with Gasteiger partial charge in [0, 0.05) is 63.8 Å². The lowest BCUT2D eigenvalue weighted by atomic mass is 10.0. The van der Waals surface area contributed by atoms with E-state index in [0.29, 0.717) is 38.4 Å². The second-order valence-corrected chi connectivity index (χ2v) is 8.99. The number of halogens is 2. The van der Waals surface area contributed by atoms with Crippen LogP contribution < -0.4 is 16.0 Å². The Hall–Kier alpha value is -2.79. The molecule has 11 heteroatoms. The van der Waals surface area contributed by atoms with Crippen molar-refractivity contribution in [2.45, 2.75) is 37.4 Å². The van der Waals surface area contributed by atoms with Crippen LogP contribution in [0, 0.1) is 11.6 Å². The molecule has 3 unspecified atom stereocenters. The number of piperazine rings is 2. The molecule has 9 nitrogen and oxygen atoms in total. The van der Waals surface area contributed by atoms with Crippen LogP contribution >= 0.6 is 0 Å². The van der Waals surface area contributed by atoms with Crippen molar-refractivity contribution < 1.29 is 23.2 Å². The first-order valence-electron chi connectivity index (χ1n) is 11.3. The smallest absolute Gasteiger partial charge is 0.319 e. The summed E-state index contributed by atoms with van der Waals surface area (Å²) in [6.07, 6.45) is 1.46. The summed E-state index contributed by atoms with van der Waals surface area (Å²) in [4.78, 5) is 43.5. The Labute approximate surface area is 191 Å². The molecule has 3 aliphatic rings. The number of nitrogens with zero attached hydrogens (tertiary/aromatic N) is 3. The van der Waals surface area contributed by atoms with Gasteiger partial charge < -0.3 is 25.8 Å². The van der Waals surface area contributed by atoms with Gasteiger partial charge in [-0.05, 0) is 32.0 Å². The topological polar surface area (TPSA) is 97.0 Å². The second-order valence-electron chi connectivity index (χ2n) is 8.99. The molecule has 0 aliphatic carbocycles. The van der Waals surface area contributed by atoms with Gasteiger partial charge >= 0.3 is 6.03 Å². The molecular formula is C22H30F2N6O3. The molecular weight excluding hydrogens is 434 g/mol. The van der Waals surface area contributed by atoms with Crippen molar-refractivity contribution in [2.24, 2.45) is 0 Å². The van der Waals surface area contributed by atoms with E-state index in [1.165, 1.54) is 0 Å². The molecule has 3 fully saturated rings. The number of nitrogens with one attached hydrogen (secondary N) is 3. The van der Waals surface area contributed by atoms with Gasteiger partial charge in [0.15, 0.2) is 0 Å². The van der Waals surface area contributed by atoms with Gasteiger partial charge in [0.05, 0.1) is 11.7 Å². The van der Waals surface area contributed by atoms with Crippen LogP contribution in [0.2, 0.25) is 0 Å². The minimum atomic E-state index is -0.863. The summed E-state index contributed by atoms with van der Waals surface area (Å²) in [7, 11) is 2.04. The molecule has 0 saturated carbocycles. The molecule has 4 rings (SSSR count). The van der Waals surface area contributed by atoms with Crippen molar-refractivity contribution in [2.75, 3.05) is 51.6 Å². The van der Waals surface area contributed by atoms with Crippen molar-refractivity contribution in [3.63, 3.8) is 0 Å². The summed E-state index contributed by atoms with van der Waals surface area (Å²) in [6.45, 7) is 4.14. The number of hydrogen-bond donors (Lipinski definition) is 3.